The molecule has 2 rings (SSSR count). The Morgan fingerprint density at radius 2 is 0.652 bits per heavy atom. The Kier molecular flexibility index (Phi) is 4.37. The molecule has 0 N–H and O–H groups in total. The molecule has 0 spiro atoms. The molecule has 2 aromatic rings. The van der Waals surface area contributed by atoms with Crippen LogP contribution in [0.15, 0.2) is 0 Å². The van der Waals surface area contributed by atoms with Gasteiger partial charge < -0.3 is 0 Å². The molecule has 23 heavy (non-hydrogen) atoms. The average Bonchev–Trinajstić information content (AvgIpc) is 2.54. The molecule has 0 atom stereocenters. The fraction of sp³-hybridized carbons (Fsp3) is 0.200. The van der Waals surface area contributed by atoms with Crippen molar-refractivity contribution in [2.45, 2.75) is 20.3 Å². The molecule has 0 unspecified atom stereocenters. The van der Waals surface area contributed by atoms with Crippen molar-refractivity contribution >= 4 is 0 Å². The summed E-state index contributed by atoms with van der Waals surface area (Å²) >= 11 is 0. The fourth-order valence-electron chi connectivity index (χ4n) is 2.06. The van der Waals surface area contributed by atoms with Gasteiger partial charge in [0.2, 0.25) is 0 Å². The summed E-state index contributed by atoms with van der Waals surface area (Å²) in [5.74, 6) is -14.6. The van der Waals surface area contributed by atoms with Crippen LogP contribution in [-0.2, 0) is 6.42 Å². The Morgan fingerprint density at radius 1 is 0.435 bits per heavy atom. The molecule has 0 saturated carbocycles. The second-order valence-electron chi connectivity index (χ2n) is 4.90. The van der Waals surface area contributed by atoms with E-state index in [9.17, 15) is 35.1 Å². The van der Waals surface area contributed by atoms with Crippen molar-refractivity contribution in [1.82, 2.24) is 0 Å². The van der Waals surface area contributed by atoms with E-state index in [2.05, 4.69) is 0 Å². The summed E-state index contributed by atoms with van der Waals surface area (Å²) in [6.45, 7) is 1.51. The Balaban J connectivity index is 2.71. The number of benzene rings is 2. The van der Waals surface area contributed by atoms with Gasteiger partial charge in [-0.05, 0) is 13.8 Å². The first-order valence-corrected chi connectivity index (χ1v) is 6.22. The number of hydrogen-bond acceptors (Lipinski definition) is 0. The summed E-state index contributed by atoms with van der Waals surface area (Å²) in [6.07, 6.45) is -1.41. The lowest BCUT2D eigenvalue weighted by Gasteiger charge is -2.13. The van der Waals surface area contributed by atoms with Crippen LogP contribution >= 0.6 is 0 Å². The Labute approximate surface area is 125 Å². The number of rotatable bonds is 2. The van der Waals surface area contributed by atoms with Gasteiger partial charge in [-0.1, -0.05) is 0 Å². The smallest absolute Gasteiger partial charge is 0.165 e. The van der Waals surface area contributed by atoms with Gasteiger partial charge in [0, 0.05) is 28.7 Å². The van der Waals surface area contributed by atoms with E-state index >= 15 is 0 Å². The van der Waals surface area contributed by atoms with Gasteiger partial charge in [0.1, 0.15) is 0 Å². The third-order valence-electron chi connectivity index (χ3n) is 3.50. The van der Waals surface area contributed by atoms with Crippen molar-refractivity contribution in [2.75, 3.05) is 0 Å². The summed E-state index contributed by atoms with van der Waals surface area (Å²) in [4.78, 5) is 0. The van der Waals surface area contributed by atoms with Gasteiger partial charge >= 0.3 is 0 Å². The van der Waals surface area contributed by atoms with Crippen molar-refractivity contribution < 1.29 is 35.1 Å². The number of hydrogen-bond donors (Lipinski definition) is 0. The molecule has 0 nitrogen and oxygen atoms in total. The van der Waals surface area contributed by atoms with Gasteiger partial charge in [-0.3, -0.25) is 0 Å². The van der Waals surface area contributed by atoms with E-state index in [4.69, 9.17) is 0 Å². The minimum atomic E-state index is -1.89. The van der Waals surface area contributed by atoms with Crippen LogP contribution in [0.1, 0.15) is 22.3 Å². The van der Waals surface area contributed by atoms with Crippen LogP contribution in [0.4, 0.5) is 35.1 Å². The molecule has 0 aliphatic carbocycles. The van der Waals surface area contributed by atoms with Gasteiger partial charge in [-0.2, -0.15) is 0 Å². The summed E-state index contributed by atoms with van der Waals surface area (Å²) in [5.41, 5.74) is -4.67. The molecule has 0 heterocycles. The normalized spacial score (nSPS) is 11.2. The van der Waals surface area contributed by atoms with E-state index in [0.717, 1.165) is 13.8 Å². The highest BCUT2D eigenvalue weighted by molar-refractivity contribution is 5.36. The van der Waals surface area contributed by atoms with E-state index in [1.165, 1.54) is 0 Å². The maximum absolute atomic E-state index is 13.7. The first-order valence-electron chi connectivity index (χ1n) is 6.22. The number of halogens is 8. The highest BCUT2D eigenvalue weighted by atomic mass is 19.2. The summed E-state index contributed by atoms with van der Waals surface area (Å²) < 4.78 is 109. The van der Waals surface area contributed by atoms with Crippen LogP contribution in [0.5, 0.6) is 0 Å². The van der Waals surface area contributed by atoms with Crippen LogP contribution in [0.25, 0.3) is 0 Å². The quantitative estimate of drug-likeness (QED) is 0.533. The zero-order valence-corrected chi connectivity index (χ0v) is 11.7. The second kappa shape index (κ2) is 5.82. The fourth-order valence-corrected chi connectivity index (χ4v) is 2.06. The Hall–Kier alpha value is -2.12. The molecule has 0 radical (unpaired) electrons. The van der Waals surface area contributed by atoms with Crippen LogP contribution in [0, 0.1) is 60.4 Å². The van der Waals surface area contributed by atoms with Gasteiger partial charge in [-0.15, -0.1) is 0 Å². The topological polar surface area (TPSA) is 0 Å². The van der Waals surface area contributed by atoms with Gasteiger partial charge in [0.15, 0.2) is 46.5 Å². The maximum atomic E-state index is 13.7. The van der Waals surface area contributed by atoms with E-state index in [0.29, 0.717) is 0 Å². The van der Waals surface area contributed by atoms with Crippen LogP contribution in [0.3, 0.4) is 0 Å². The van der Waals surface area contributed by atoms with Crippen molar-refractivity contribution in [1.29, 1.82) is 0 Å². The molecule has 0 aromatic heterocycles. The molecular weight excluding hydrogens is 332 g/mol. The van der Waals surface area contributed by atoms with E-state index in [1.807, 2.05) is 0 Å². The van der Waals surface area contributed by atoms with Gasteiger partial charge in [0.05, 0.1) is 0 Å². The van der Waals surface area contributed by atoms with Crippen molar-refractivity contribution in [3.63, 3.8) is 0 Å². The van der Waals surface area contributed by atoms with E-state index in [-0.39, 0.29) is 0 Å². The standard InChI is InChI=1S/C15H8F8/c1-4-8(16)12(20)6(13(21)9(4)17)3-7-14(22)10(18)5(2)11(19)15(7)23/h3H2,1-2H3. The highest BCUT2D eigenvalue weighted by Gasteiger charge is 2.28. The molecule has 124 valence electrons. The molecule has 0 saturated heterocycles. The monoisotopic (exact) mass is 340 g/mol. The minimum Gasteiger partial charge on any atom is -0.203 e. The molecule has 0 amide bonds. The Morgan fingerprint density at radius 3 is 0.870 bits per heavy atom. The van der Waals surface area contributed by atoms with E-state index in [1.54, 1.807) is 0 Å². The molecule has 0 aliphatic heterocycles. The maximum Gasteiger partial charge on any atom is 0.165 e. The molecule has 8 heteroatoms. The summed E-state index contributed by atoms with van der Waals surface area (Å²) in [5, 5.41) is 0. The lowest BCUT2D eigenvalue weighted by molar-refractivity contribution is 0.419. The minimum absolute atomic E-state index is 0.757. The largest absolute Gasteiger partial charge is 0.203 e. The predicted octanol–water partition coefficient (Wildman–Crippen LogP) is 5.01. The molecular formula is C15H8F8. The molecule has 0 aliphatic rings. The molecule has 0 fully saturated rings. The first kappa shape index (κ1) is 17.2. The zero-order chi connectivity index (χ0) is 17.6. The highest BCUT2D eigenvalue weighted by Crippen LogP contribution is 2.30. The zero-order valence-electron chi connectivity index (χ0n) is 11.7. The van der Waals surface area contributed by atoms with Crippen LogP contribution < -0.4 is 0 Å². The summed E-state index contributed by atoms with van der Waals surface area (Å²) in [6, 6.07) is 0. The van der Waals surface area contributed by atoms with Crippen molar-refractivity contribution in [3.05, 3.63) is 68.8 Å². The molecule has 0 bridgehead atoms. The van der Waals surface area contributed by atoms with E-state index < -0.39 is 75.2 Å². The average molecular weight is 340 g/mol. The van der Waals surface area contributed by atoms with Crippen molar-refractivity contribution in [2.24, 2.45) is 0 Å². The predicted molar refractivity (Wildman–Crippen MR) is 64.8 cm³/mol. The molecule has 2 aromatic carbocycles. The van der Waals surface area contributed by atoms with Crippen LogP contribution in [-0.4, -0.2) is 0 Å². The summed E-state index contributed by atoms with van der Waals surface area (Å²) in [7, 11) is 0. The third-order valence-corrected chi connectivity index (χ3v) is 3.50. The lowest BCUT2D eigenvalue weighted by atomic mass is 9.98. The third kappa shape index (κ3) is 2.55. The van der Waals surface area contributed by atoms with Gasteiger partial charge in [0.25, 0.3) is 0 Å². The van der Waals surface area contributed by atoms with Crippen LogP contribution in [0.2, 0.25) is 0 Å². The Bertz CT molecular complexity index is 685. The van der Waals surface area contributed by atoms with Gasteiger partial charge in [-0.25, -0.2) is 35.1 Å². The first-order chi connectivity index (χ1) is 10.6. The SMILES string of the molecule is Cc1c(F)c(F)c(Cc2c(F)c(F)c(C)c(F)c2F)c(F)c1F. The lowest BCUT2D eigenvalue weighted by Crippen LogP contribution is -2.11. The van der Waals surface area contributed by atoms with Crippen molar-refractivity contribution in [3.8, 4) is 0 Å². The second-order valence-corrected chi connectivity index (χ2v) is 4.90.